The number of benzene rings is 2. The van der Waals surface area contributed by atoms with Crippen LogP contribution in [0.4, 0.5) is 0 Å². The molecule has 0 bridgehead atoms. The molecule has 2 N–H and O–H groups in total. The molecule has 4 rings (SSSR count). The van der Waals surface area contributed by atoms with Crippen LogP contribution in [0.5, 0.6) is 11.5 Å². The first-order chi connectivity index (χ1) is 16.6. The molecule has 190 valence electrons. The first-order valence-corrected chi connectivity index (χ1v) is 13.5. The molecule has 4 nitrogen and oxygen atoms in total. The summed E-state index contributed by atoms with van der Waals surface area (Å²) in [5.41, 5.74) is 2.42. The third kappa shape index (κ3) is 5.52. The number of nitrogens with one attached hydrogen (secondary N) is 1. The zero-order valence-corrected chi connectivity index (χ0v) is 22.2. The van der Waals surface area contributed by atoms with Crippen LogP contribution in [0.3, 0.4) is 0 Å². The van der Waals surface area contributed by atoms with E-state index in [4.69, 9.17) is 4.74 Å². The van der Waals surface area contributed by atoms with E-state index in [9.17, 15) is 9.90 Å². The molecule has 1 amide bonds. The van der Waals surface area contributed by atoms with Crippen LogP contribution in [0, 0.1) is 5.92 Å². The molecule has 0 radical (unpaired) electrons. The monoisotopic (exact) mass is 477 g/mol. The number of phenolic OH excluding ortho intramolecular Hbond substituents is 1. The van der Waals surface area contributed by atoms with Crippen LogP contribution in [0.15, 0.2) is 42.5 Å². The second kappa shape index (κ2) is 10.2. The Bertz CT molecular complexity index is 1030. The summed E-state index contributed by atoms with van der Waals surface area (Å²) >= 11 is 0. The van der Waals surface area contributed by atoms with Gasteiger partial charge in [-0.2, -0.15) is 0 Å². The van der Waals surface area contributed by atoms with E-state index in [2.05, 4.69) is 46.0 Å². The number of amides is 1. The molecule has 1 saturated carbocycles. The fraction of sp³-hybridized carbons (Fsp3) is 0.581. The van der Waals surface area contributed by atoms with Gasteiger partial charge in [0.05, 0.1) is 0 Å². The first kappa shape index (κ1) is 25.6. The standard InChI is InChI=1S/C31H43NO3/c1-6-7-8-12-17-30(2,3)22-18-26(33)28-24-20-23(32-29(34)21-13-10-9-11-14-21)15-16-25(24)31(4,5)35-27(28)19-22/h9-11,13-14,18-19,23-25,33H,6-8,12,15-17,20H2,1-5H3,(H,32,34). The van der Waals surface area contributed by atoms with E-state index in [1.807, 2.05) is 36.4 Å². The molecule has 0 aromatic heterocycles. The lowest BCUT2D eigenvalue weighted by molar-refractivity contribution is -0.0118. The average molecular weight is 478 g/mol. The lowest BCUT2D eigenvalue weighted by Gasteiger charge is -2.49. The molecule has 2 aromatic carbocycles. The van der Waals surface area contributed by atoms with Gasteiger partial charge >= 0.3 is 0 Å². The SMILES string of the molecule is CCCCCCC(C)(C)c1cc(O)c2c(c1)OC(C)(C)C1CCC(NC(=O)c3ccccc3)CC21. The number of ether oxygens (including phenoxy) is 1. The summed E-state index contributed by atoms with van der Waals surface area (Å²) in [5, 5.41) is 14.6. The number of fused-ring (bicyclic) bond motifs is 3. The van der Waals surface area contributed by atoms with Gasteiger partial charge in [-0.1, -0.05) is 64.7 Å². The van der Waals surface area contributed by atoms with Crippen LogP contribution >= 0.6 is 0 Å². The summed E-state index contributed by atoms with van der Waals surface area (Å²) in [5.74, 6) is 1.61. The zero-order chi connectivity index (χ0) is 25.2. The number of carbonyl (C=O) groups excluding carboxylic acids is 1. The largest absolute Gasteiger partial charge is 0.508 e. The van der Waals surface area contributed by atoms with Crippen molar-refractivity contribution in [1.82, 2.24) is 5.32 Å². The molecule has 3 unspecified atom stereocenters. The van der Waals surface area contributed by atoms with Gasteiger partial charge < -0.3 is 15.2 Å². The molecule has 2 aliphatic rings. The molecule has 0 saturated heterocycles. The molecule has 3 atom stereocenters. The maximum absolute atomic E-state index is 12.8. The van der Waals surface area contributed by atoms with Gasteiger partial charge in [-0.3, -0.25) is 4.79 Å². The molecule has 1 heterocycles. The van der Waals surface area contributed by atoms with Gasteiger partial charge in [0.2, 0.25) is 0 Å². The Balaban J connectivity index is 1.57. The summed E-state index contributed by atoms with van der Waals surface area (Å²) in [4.78, 5) is 12.8. The lowest BCUT2D eigenvalue weighted by atomic mass is 9.65. The number of rotatable bonds is 8. The normalized spacial score (nSPS) is 23.1. The highest BCUT2D eigenvalue weighted by Gasteiger charge is 2.48. The second-order valence-electron chi connectivity index (χ2n) is 11.9. The van der Waals surface area contributed by atoms with Crippen molar-refractivity contribution >= 4 is 5.91 Å². The van der Waals surface area contributed by atoms with Crippen LogP contribution < -0.4 is 10.1 Å². The van der Waals surface area contributed by atoms with Crippen molar-refractivity contribution in [3.63, 3.8) is 0 Å². The molecule has 4 heteroatoms. The Hall–Kier alpha value is -2.49. The van der Waals surface area contributed by atoms with Crippen LogP contribution in [0.2, 0.25) is 0 Å². The minimum absolute atomic E-state index is 0.0232. The fourth-order valence-corrected chi connectivity index (χ4v) is 6.27. The Morgan fingerprint density at radius 3 is 2.57 bits per heavy atom. The topological polar surface area (TPSA) is 58.6 Å². The quantitative estimate of drug-likeness (QED) is 0.387. The number of aromatic hydroxyl groups is 1. The third-order valence-corrected chi connectivity index (χ3v) is 8.42. The van der Waals surface area contributed by atoms with Gasteiger partial charge in [-0.05, 0) is 80.7 Å². The Morgan fingerprint density at radius 2 is 1.86 bits per heavy atom. The fourth-order valence-electron chi connectivity index (χ4n) is 6.27. The molecular formula is C31H43NO3. The van der Waals surface area contributed by atoms with Crippen molar-refractivity contribution in [2.45, 2.75) is 109 Å². The summed E-state index contributed by atoms with van der Waals surface area (Å²) < 4.78 is 6.59. The molecule has 1 aliphatic heterocycles. The van der Waals surface area contributed by atoms with E-state index >= 15 is 0 Å². The number of hydrogen-bond donors (Lipinski definition) is 2. The van der Waals surface area contributed by atoms with Crippen LogP contribution in [-0.4, -0.2) is 22.7 Å². The molecular weight excluding hydrogens is 434 g/mol. The van der Waals surface area contributed by atoms with E-state index < -0.39 is 0 Å². The van der Waals surface area contributed by atoms with E-state index in [1.54, 1.807) is 0 Å². The minimum Gasteiger partial charge on any atom is -0.508 e. The summed E-state index contributed by atoms with van der Waals surface area (Å²) in [6.45, 7) is 11.1. The summed E-state index contributed by atoms with van der Waals surface area (Å²) in [6, 6.07) is 13.7. The highest BCUT2D eigenvalue weighted by atomic mass is 16.5. The van der Waals surface area contributed by atoms with Gasteiger partial charge in [-0.15, -0.1) is 0 Å². The number of carbonyl (C=O) groups is 1. The Labute approximate surface area is 211 Å². The van der Waals surface area contributed by atoms with E-state index in [-0.39, 0.29) is 28.9 Å². The molecule has 1 aliphatic carbocycles. The van der Waals surface area contributed by atoms with Crippen LogP contribution in [-0.2, 0) is 5.41 Å². The van der Waals surface area contributed by atoms with Gasteiger partial charge in [-0.25, -0.2) is 0 Å². The van der Waals surface area contributed by atoms with Gasteiger partial charge in [0.15, 0.2) is 0 Å². The van der Waals surface area contributed by atoms with Gasteiger partial charge in [0.1, 0.15) is 17.1 Å². The van der Waals surface area contributed by atoms with E-state index in [0.717, 1.165) is 42.6 Å². The molecule has 35 heavy (non-hydrogen) atoms. The Kier molecular flexibility index (Phi) is 7.49. The van der Waals surface area contributed by atoms with E-state index in [0.29, 0.717) is 17.2 Å². The van der Waals surface area contributed by atoms with Crippen molar-refractivity contribution in [2.75, 3.05) is 0 Å². The predicted octanol–water partition coefficient (Wildman–Crippen LogP) is 7.49. The van der Waals surface area contributed by atoms with Crippen molar-refractivity contribution in [3.05, 3.63) is 59.2 Å². The predicted molar refractivity (Wildman–Crippen MR) is 142 cm³/mol. The molecule has 1 fully saturated rings. The lowest BCUT2D eigenvalue weighted by Crippen LogP contribution is -2.50. The first-order valence-electron chi connectivity index (χ1n) is 13.5. The third-order valence-electron chi connectivity index (χ3n) is 8.42. The number of hydrogen-bond acceptors (Lipinski definition) is 3. The smallest absolute Gasteiger partial charge is 0.251 e. The van der Waals surface area contributed by atoms with Gasteiger partial charge in [0.25, 0.3) is 5.91 Å². The van der Waals surface area contributed by atoms with Crippen molar-refractivity contribution in [1.29, 1.82) is 0 Å². The molecule has 2 aromatic rings. The van der Waals surface area contributed by atoms with Crippen molar-refractivity contribution in [3.8, 4) is 11.5 Å². The van der Waals surface area contributed by atoms with Crippen LogP contribution in [0.25, 0.3) is 0 Å². The van der Waals surface area contributed by atoms with Crippen molar-refractivity contribution < 1.29 is 14.6 Å². The number of unbranched alkanes of at least 4 members (excludes halogenated alkanes) is 3. The summed E-state index contributed by atoms with van der Waals surface area (Å²) in [7, 11) is 0. The highest BCUT2D eigenvalue weighted by molar-refractivity contribution is 5.94. The molecule has 0 spiro atoms. The zero-order valence-electron chi connectivity index (χ0n) is 22.2. The Morgan fingerprint density at radius 1 is 1.11 bits per heavy atom. The highest BCUT2D eigenvalue weighted by Crippen LogP contribution is 2.55. The maximum atomic E-state index is 12.8. The second-order valence-corrected chi connectivity index (χ2v) is 11.9. The maximum Gasteiger partial charge on any atom is 0.251 e. The van der Waals surface area contributed by atoms with Crippen LogP contribution in [0.1, 0.15) is 113 Å². The van der Waals surface area contributed by atoms with Crippen molar-refractivity contribution in [2.24, 2.45) is 5.92 Å². The summed E-state index contributed by atoms with van der Waals surface area (Å²) in [6.07, 6.45) is 8.74. The number of phenols is 1. The average Bonchev–Trinajstić information content (AvgIpc) is 2.81. The minimum atomic E-state index is -0.317. The van der Waals surface area contributed by atoms with Gasteiger partial charge in [0, 0.05) is 23.1 Å². The van der Waals surface area contributed by atoms with E-state index in [1.165, 1.54) is 25.7 Å².